The van der Waals surface area contributed by atoms with Gasteiger partial charge in [0, 0.05) is 33.0 Å². The van der Waals surface area contributed by atoms with E-state index in [1.165, 1.54) is 23.9 Å². The fourth-order valence-corrected chi connectivity index (χ4v) is 7.64. The summed E-state index contributed by atoms with van der Waals surface area (Å²) in [4.78, 5) is 131. The number of nitrogens with one attached hydrogen (secondary N) is 7. The first-order chi connectivity index (χ1) is 38.6. The highest BCUT2D eigenvalue weighted by Crippen LogP contribution is 2.31. The zero-order chi connectivity index (χ0) is 61.8. The summed E-state index contributed by atoms with van der Waals surface area (Å²) in [5.74, 6) is -21.2. The summed E-state index contributed by atoms with van der Waals surface area (Å²) >= 11 is 1.33. The van der Waals surface area contributed by atoms with E-state index in [0.29, 0.717) is 5.75 Å². The number of nitrogens with zero attached hydrogens (tertiary/aromatic N) is 5. The van der Waals surface area contributed by atoms with Crippen LogP contribution in [0.5, 0.6) is 0 Å². The number of guanidine groups is 3. The summed E-state index contributed by atoms with van der Waals surface area (Å²) in [6.07, 6.45) is 0.415. The number of amides is 8. The smallest absolute Gasteiger partial charge is 0.305 e. The van der Waals surface area contributed by atoms with Crippen LogP contribution in [0.25, 0.3) is 0 Å². The van der Waals surface area contributed by atoms with Crippen LogP contribution in [0.3, 0.4) is 0 Å². The van der Waals surface area contributed by atoms with Gasteiger partial charge in [0.05, 0.1) is 12.1 Å². The molecule has 0 aliphatic heterocycles. The zero-order valence-electron chi connectivity index (χ0n) is 44.7. The van der Waals surface area contributed by atoms with Gasteiger partial charge in [0.15, 0.2) is 46.8 Å². The fraction of sp³-hybridized carbons (Fsp3) is 0.489. The number of nitrogens with two attached hydrogens (primary N) is 7. The van der Waals surface area contributed by atoms with Crippen LogP contribution in [0.15, 0.2) is 49.5 Å². The van der Waals surface area contributed by atoms with Crippen LogP contribution in [-0.2, 0) is 49.6 Å². The molecule has 0 aromatic heterocycles. The number of rotatable bonds is 35. The molecule has 0 saturated heterocycles. The van der Waals surface area contributed by atoms with Crippen molar-refractivity contribution in [1.29, 1.82) is 0 Å². The van der Waals surface area contributed by atoms with E-state index in [-0.39, 0.29) is 93.7 Å². The number of carboxylic acid groups (broad SMARTS) is 1. The molecule has 35 heteroatoms. The number of hydrogen-bond acceptors (Lipinski definition) is 15. The second-order valence-electron chi connectivity index (χ2n) is 17.9. The van der Waals surface area contributed by atoms with Crippen LogP contribution in [0.4, 0.5) is 33.3 Å². The van der Waals surface area contributed by atoms with Crippen LogP contribution >= 0.6 is 11.8 Å². The topological polar surface area (TPSA) is 502 Å². The minimum atomic E-state index is -2.42. The Morgan fingerprint density at radius 2 is 0.902 bits per heavy atom. The molecule has 29 nitrogen and oxygen atoms in total. The molecule has 2 rings (SSSR count). The highest BCUT2D eigenvalue weighted by atomic mass is 32.2. The predicted octanol–water partition coefficient (Wildman–Crippen LogP) is -2.35. The molecule has 0 aliphatic carbocycles. The molecular weight excluding hydrogens is 1120 g/mol. The van der Waals surface area contributed by atoms with Crippen molar-refractivity contribution in [3.8, 4) is 0 Å². The maximum atomic E-state index is 14.2. The Balaban J connectivity index is 2.47. The van der Waals surface area contributed by atoms with E-state index < -0.39 is 143 Å². The molecular formula is C47H68F5N19O10S. The molecule has 0 spiro atoms. The van der Waals surface area contributed by atoms with E-state index in [1.54, 1.807) is 6.26 Å². The average molecular weight is 1190 g/mol. The number of halogens is 5. The quantitative estimate of drug-likeness (QED) is 0.00653. The van der Waals surface area contributed by atoms with Crippen LogP contribution in [0.1, 0.15) is 70.8 Å². The first-order valence-corrected chi connectivity index (χ1v) is 26.2. The maximum absolute atomic E-state index is 14.2. The van der Waals surface area contributed by atoms with Crippen molar-refractivity contribution in [1.82, 2.24) is 37.2 Å². The molecule has 0 aliphatic rings. The van der Waals surface area contributed by atoms with Crippen LogP contribution < -0.4 is 77.4 Å². The molecule has 7 atom stereocenters. The van der Waals surface area contributed by atoms with E-state index in [0.717, 1.165) is 26.0 Å². The van der Waals surface area contributed by atoms with E-state index in [4.69, 9.17) is 40.1 Å². The third-order valence-corrected chi connectivity index (χ3v) is 11.9. The first-order valence-electron chi connectivity index (χ1n) is 24.8. The van der Waals surface area contributed by atoms with Crippen LogP contribution in [0, 0.1) is 29.1 Å². The van der Waals surface area contributed by atoms with Gasteiger partial charge in [-0.15, -0.1) is 5.11 Å². The third kappa shape index (κ3) is 24.6. The minimum absolute atomic E-state index is 0.0159. The Morgan fingerprint density at radius 3 is 1.35 bits per heavy atom. The Morgan fingerprint density at radius 1 is 0.512 bits per heavy atom. The van der Waals surface area contributed by atoms with Crippen LogP contribution in [0.2, 0.25) is 0 Å². The van der Waals surface area contributed by atoms with Crippen molar-refractivity contribution in [3.63, 3.8) is 0 Å². The third-order valence-electron chi connectivity index (χ3n) is 11.3. The number of azo groups is 1. The highest BCUT2D eigenvalue weighted by Gasteiger charge is 2.34. The van der Waals surface area contributed by atoms with Gasteiger partial charge in [0.2, 0.25) is 53.1 Å². The lowest BCUT2D eigenvalue weighted by Gasteiger charge is -2.27. The van der Waals surface area contributed by atoms with Gasteiger partial charge < -0.3 is 82.5 Å². The van der Waals surface area contributed by atoms with E-state index in [1.807, 2.05) is 0 Å². The van der Waals surface area contributed by atoms with E-state index in [9.17, 15) is 70.2 Å². The number of hydrogen-bond donors (Lipinski definition) is 15. The molecule has 22 N–H and O–H groups in total. The van der Waals surface area contributed by atoms with Gasteiger partial charge in [-0.3, -0.25) is 58.1 Å². The number of thioether (sulfide) groups is 1. The molecule has 0 bridgehead atoms. The molecule has 0 heterocycles. The molecule has 0 fully saturated rings. The molecule has 2 aromatic carbocycles. The number of carbonyl (C=O) groups excluding carboxylic acids is 8. The van der Waals surface area contributed by atoms with Crippen molar-refractivity contribution >= 4 is 94.2 Å². The van der Waals surface area contributed by atoms with Gasteiger partial charge in [0.25, 0.3) is 0 Å². The lowest BCUT2D eigenvalue weighted by atomic mass is 10.0. The molecule has 0 saturated carbocycles. The highest BCUT2D eigenvalue weighted by molar-refractivity contribution is 7.98. The zero-order valence-corrected chi connectivity index (χ0v) is 45.6. The first kappa shape index (κ1) is 69.2. The van der Waals surface area contributed by atoms with Gasteiger partial charge in [0.1, 0.15) is 42.3 Å². The van der Waals surface area contributed by atoms with E-state index >= 15 is 0 Å². The molecule has 0 radical (unpaired) electrons. The fourth-order valence-electron chi connectivity index (χ4n) is 7.17. The SMILES string of the molecule is CSCCC(NC(=O)C(CCCN=C(N)N)NC(=O)C(C)NC(=O)C(CC(=O)O)NC(=O)C(Cc1ccc(N=Nc2c(F)c(F)c(F)c(F)c2F)cc1)NC(=O)C(CCCN=C(N)N)NC(C)=O)C(=O)NC(CCCN=C(N)N)C(N)=O. The van der Waals surface area contributed by atoms with Gasteiger partial charge in [-0.1, -0.05) is 12.1 Å². The van der Waals surface area contributed by atoms with Gasteiger partial charge in [-0.2, -0.15) is 16.9 Å². The molecule has 8 amide bonds. The summed E-state index contributed by atoms with van der Waals surface area (Å²) in [5.41, 5.74) is 36.2. The Hall–Kier alpha value is -8.92. The lowest BCUT2D eigenvalue weighted by molar-refractivity contribution is -0.141. The van der Waals surface area contributed by atoms with E-state index in [2.05, 4.69) is 62.4 Å². The summed E-state index contributed by atoms with van der Waals surface area (Å²) in [7, 11) is 0. The number of primary amides is 1. The van der Waals surface area contributed by atoms with Crippen molar-refractivity contribution in [3.05, 3.63) is 58.9 Å². The molecule has 82 heavy (non-hydrogen) atoms. The number of carboxylic acids is 1. The monoisotopic (exact) mass is 1190 g/mol. The largest absolute Gasteiger partial charge is 0.481 e. The van der Waals surface area contributed by atoms with Crippen molar-refractivity contribution in [2.24, 2.45) is 65.3 Å². The summed E-state index contributed by atoms with van der Waals surface area (Å²) in [6, 6.07) is -5.76. The maximum Gasteiger partial charge on any atom is 0.305 e. The minimum Gasteiger partial charge on any atom is -0.481 e. The molecule has 7 unspecified atom stereocenters. The molecule has 2 aromatic rings. The Bertz CT molecular complexity index is 2680. The predicted molar refractivity (Wildman–Crippen MR) is 290 cm³/mol. The summed E-state index contributed by atoms with van der Waals surface area (Å²) in [5, 5.41) is 33.4. The Kier molecular flexibility index (Phi) is 29.5. The normalized spacial score (nSPS) is 13.5. The summed E-state index contributed by atoms with van der Waals surface area (Å²) in [6.45, 7) is 2.36. The number of aliphatic imine (C=N–C) groups is 3. The van der Waals surface area contributed by atoms with Crippen molar-refractivity contribution in [2.75, 3.05) is 31.6 Å². The number of aliphatic carboxylic acids is 1. The second kappa shape index (κ2) is 34.9. The van der Waals surface area contributed by atoms with Crippen LogP contribution in [-0.4, -0.2) is 150 Å². The number of carbonyl (C=O) groups is 9. The number of benzene rings is 2. The second-order valence-corrected chi connectivity index (χ2v) is 18.9. The average Bonchev–Trinajstić information content (AvgIpc) is 3.60. The molecule has 452 valence electrons. The summed E-state index contributed by atoms with van der Waals surface area (Å²) < 4.78 is 69.6. The van der Waals surface area contributed by atoms with Gasteiger partial charge in [-0.05, 0) is 81.6 Å². The Labute approximate surface area is 470 Å². The van der Waals surface area contributed by atoms with Gasteiger partial charge >= 0.3 is 5.97 Å². The lowest BCUT2D eigenvalue weighted by Crippen LogP contribution is -2.60. The standard InChI is InChI=1S/C47H68F5N19O10S/c1-21(39(76)66-27(9-6-17-62-47(58)59)41(78)67-28(14-18-82-3)42(79)65-25(38(53)75)7-4-15-60-45(54)55)63-43(80)30(20-31(73)74)69-44(81)29(68-40(77)26(64-22(2)72)8-5-16-61-46(56)57)19-23-10-12-24(13-11-23)70-71-37-35(51)33(49)32(48)34(50)36(37)52/h10-13,21,25-30H,4-9,14-20H2,1-3H3,(H2,53,75)(H,63,80)(H,64,72)(H,65,79)(H,66,76)(H,67,78)(H,68,77)(H,69,81)(H,73,74)(H4,54,55,60)(H4,56,57,61)(H4,58,59,62). The van der Waals surface area contributed by atoms with Crippen molar-refractivity contribution in [2.45, 2.75) is 114 Å². The van der Waals surface area contributed by atoms with Crippen molar-refractivity contribution < 1.29 is 70.2 Å². The van der Waals surface area contributed by atoms with Gasteiger partial charge in [-0.25, -0.2) is 22.0 Å².